The van der Waals surface area contributed by atoms with Gasteiger partial charge in [0.2, 0.25) is 0 Å². The number of hydrogen-bond acceptors (Lipinski definition) is 2. The van der Waals surface area contributed by atoms with Crippen LogP contribution in [0.2, 0.25) is 0 Å². The van der Waals surface area contributed by atoms with Gasteiger partial charge >= 0.3 is 42.7 Å². The van der Waals surface area contributed by atoms with Crippen LogP contribution in [0, 0.1) is 31.5 Å². The second kappa shape index (κ2) is 21.8. The van der Waals surface area contributed by atoms with E-state index in [2.05, 4.69) is 141 Å². The number of aromatic nitrogens is 2. The van der Waals surface area contributed by atoms with E-state index in [1.165, 1.54) is 38.9 Å². The molecule has 5 heteroatoms. The summed E-state index contributed by atoms with van der Waals surface area (Å²) in [5.41, 5.74) is 13.3. The Balaban J connectivity index is 0.00000121. The van der Waals surface area contributed by atoms with Crippen molar-refractivity contribution in [1.82, 2.24) is 9.97 Å². The average Bonchev–Trinajstić information content (AvgIpc) is 3.24. The quantitative estimate of drug-likeness (QED) is 0.0907. The molecule has 4 nitrogen and oxygen atoms in total. The monoisotopic (exact) mass is 866 g/mol. The van der Waals surface area contributed by atoms with Crippen LogP contribution < -0.4 is 0 Å². The zero-order valence-corrected chi connectivity index (χ0v) is 31.6. The summed E-state index contributed by atoms with van der Waals surface area (Å²) < 4.78 is 15.0. The molecule has 1 heterocycles. The second-order valence-electron chi connectivity index (χ2n) is 12.3. The summed E-state index contributed by atoms with van der Waals surface area (Å²) in [5, 5.41) is 0. The first-order chi connectivity index (χ1) is 25.8. The predicted octanol–water partition coefficient (Wildman–Crippen LogP) is 10.2. The predicted molar refractivity (Wildman–Crippen MR) is 204 cm³/mol. The van der Waals surface area contributed by atoms with Crippen LogP contribution in [0.25, 0.3) is 33.8 Å². The van der Waals surface area contributed by atoms with Gasteiger partial charge in [-0.25, -0.2) is 0 Å². The van der Waals surface area contributed by atoms with Gasteiger partial charge < -0.3 is 0 Å². The summed E-state index contributed by atoms with van der Waals surface area (Å²) in [4.78, 5) is 9.97. The molecule has 0 unspecified atom stereocenters. The van der Waals surface area contributed by atoms with E-state index in [9.17, 15) is 0 Å². The molecule has 0 spiro atoms. The van der Waals surface area contributed by atoms with Gasteiger partial charge in [-0.1, -0.05) is 85.6 Å². The number of benzene rings is 6. The molecular formula is C48H37IrN2O2. The van der Waals surface area contributed by atoms with Crippen LogP contribution >= 0.6 is 0 Å². The Bertz CT molecular complexity index is 2080. The Morgan fingerprint density at radius 2 is 1.00 bits per heavy atom. The molecule has 0 bridgehead atoms. The smallest absolute Gasteiger partial charge is 0.285 e. The van der Waals surface area contributed by atoms with E-state index < -0.39 is 0 Å². The van der Waals surface area contributed by atoms with E-state index in [0.717, 1.165) is 60.9 Å². The van der Waals surface area contributed by atoms with Crippen molar-refractivity contribution in [3.8, 4) is 33.8 Å². The van der Waals surface area contributed by atoms with Gasteiger partial charge in [0.1, 0.15) is 0 Å². The van der Waals surface area contributed by atoms with Crippen molar-refractivity contribution in [3.63, 3.8) is 0 Å². The van der Waals surface area contributed by atoms with Crippen LogP contribution in [0.15, 0.2) is 152 Å². The molecule has 1 aromatic heterocycles. The molecule has 7 rings (SSSR count). The maximum absolute atomic E-state index is 7.50. The Hall–Kier alpha value is -5.47. The van der Waals surface area contributed by atoms with Crippen molar-refractivity contribution < 1.29 is 29.4 Å². The molecule has 0 atom stereocenters. The summed E-state index contributed by atoms with van der Waals surface area (Å²) in [7, 11) is 0. The van der Waals surface area contributed by atoms with Gasteiger partial charge in [0.25, 0.3) is 0 Å². The summed E-state index contributed by atoms with van der Waals surface area (Å²) in [5.74, 6) is 0.696. The fourth-order valence-electron chi connectivity index (χ4n) is 6.25. The molecule has 53 heavy (non-hydrogen) atoms. The van der Waals surface area contributed by atoms with E-state index in [1.54, 1.807) is 0 Å². The van der Waals surface area contributed by atoms with Crippen molar-refractivity contribution in [2.24, 2.45) is 0 Å². The van der Waals surface area contributed by atoms with Crippen LogP contribution in [0.5, 0.6) is 0 Å². The van der Waals surface area contributed by atoms with Crippen LogP contribution in [0.1, 0.15) is 33.4 Å². The second-order valence-corrected chi connectivity index (χ2v) is 12.3. The molecule has 0 radical (unpaired) electrons. The molecule has 0 aliphatic heterocycles. The molecular weight excluding hydrogens is 829 g/mol. The minimum atomic E-state index is 0. The Morgan fingerprint density at radius 3 is 1.53 bits per heavy atom. The van der Waals surface area contributed by atoms with Crippen molar-refractivity contribution in [2.45, 2.75) is 38.5 Å². The summed E-state index contributed by atoms with van der Waals surface area (Å²) >= 11 is 0. The third-order valence-electron chi connectivity index (χ3n) is 8.82. The molecule has 6 aromatic carbocycles. The third-order valence-corrected chi connectivity index (χ3v) is 8.82. The molecule has 0 saturated heterocycles. The number of rotatable bonds is 12. The fourth-order valence-corrected chi connectivity index (χ4v) is 6.25. The fraction of sp³-hybridized carbons (Fsp3) is 0.125. The normalized spacial score (nSPS) is 10.0. The maximum atomic E-state index is 7.50. The third kappa shape index (κ3) is 11.8. The maximum Gasteiger partial charge on any atom is 3.00 e. The first-order valence-corrected chi connectivity index (χ1v) is 17.2. The Kier molecular flexibility index (Phi) is 16.6. The SMILES string of the molecule is [C-]#[O+].[C-]#[O+].[Ir+3].[c-]1cccc(CCc2cc(CCc3c[c-]ccc3)cc(CCc3cnc(-c4[c-]cccc4)nc3-c3ccc(-c4ccccc4)cc3)c2)c1. The number of hydrogen-bond donors (Lipinski definition) is 0. The first-order valence-electron chi connectivity index (χ1n) is 17.2. The molecule has 0 aliphatic rings. The van der Waals surface area contributed by atoms with E-state index in [0.29, 0.717) is 5.82 Å². The van der Waals surface area contributed by atoms with Gasteiger partial charge in [0.05, 0.1) is 11.5 Å². The van der Waals surface area contributed by atoms with Crippen molar-refractivity contribution in [1.29, 1.82) is 0 Å². The summed E-state index contributed by atoms with van der Waals surface area (Å²) in [6.45, 7) is 9.00. The van der Waals surface area contributed by atoms with Crippen LogP contribution in [-0.4, -0.2) is 9.97 Å². The van der Waals surface area contributed by atoms with Crippen LogP contribution in [0.3, 0.4) is 0 Å². The van der Waals surface area contributed by atoms with Gasteiger partial charge in [-0.05, 0) is 64.6 Å². The minimum Gasteiger partial charge on any atom is -0.285 e. The van der Waals surface area contributed by atoms with E-state index in [1.807, 2.05) is 42.6 Å². The van der Waals surface area contributed by atoms with E-state index in [-0.39, 0.29) is 20.1 Å². The standard InChI is InChI=1S/C46H37N2.2CO.Ir/c1-5-13-35(14-6-1)21-23-37-31-38(24-22-36-15-7-2-8-16-36)33-39(32-37)25-26-44-34-47-46(43-19-11-4-12-20-43)48-45(44)42-29-27-41(28-30-42)40-17-9-3-10-18-40;2*1-2;/h1-5,7,9-19,27-34H,21-26H2;;;/q-3;;;+3. The van der Waals surface area contributed by atoms with E-state index >= 15 is 0 Å². The number of aryl methyl sites for hydroxylation is 6. The van der Waals surface area contributed by atoms with Crippen molar-refractivity contribution in [3.05, 3.63) is 217 Å². The van der Waals surface area contributed by atoms with Gasteiger partial charge in [0, 0.05) is 6.20 Å². The van der Waals surface area contributed by atoms with Gasteiger partial charge in [-0.3, -0.25) is 9.97 Å². The van der Waals surface area contributed by atoms with Gasteiger partial charge in [0.15, 0.2) is 0 Å². The molecule has 0 N–H and O–H groups in total. The van der Waals surface area contributed by atoms with Crippen molar-refractivity contribution >= 4 is 0 Å². The molecule has 7 aromatic rings. The van der Waals surface area contributed by atoms with Gasteiger partial charge in [-0.15, -0.1) is 35.9 Å². The average molecular weight is 866 g/mol. The largest absolute Gasteiger partial charge is 3.00 e. The number of nitrogens with zero attached hydrogens (tertiary/aromatic N) is 2. The topological polar surface area (TPSA) is 65.6 Å². The van der Waals surface area contributed by atoms with Crippen LogP contribution in [-0.2, 0) is 67.9 Å². The summed E-state index contributed by atoms with van der Waals surface area (Å²) in [6.07, 6.45) is 7.79. The first kappa shape index (κ1) is 40.3. The zero-order valence-electron chi connectivity index (χ0n) is 29.2. The van der Waals surface area contributed by atoms with E-state index in [4.69, 9.17) is 19.3 Å². The molecule has 0 fully saturated rings. The van der Waals surface area contributed by atoms with Crippen molar-refractivity contribution in [2.75, 3.05) is 0 Å². The molecule has 0 amide bonds. The summed E-state index contributed by atoms with van der Waals surface area (Å²) in [6, 6.07) is 60.8. The Labute approximate surface area is 326 Å². The zero-order chi connectivity index (χ0) is 36.4. The molecule has 0 saturated carbocycles. The van der Waals surface area contributed by atoms with Gasteiger partial charge in [-0.2, -0.15) is 71.8 Å². The Morgan fingerprint density at radius 1 is 0.491 bits per heavy atom. The molecule has 0 aliphatic carbocycles. The minimum absolute atomic E-state index is 0. The van der Waals surface area contributed by atoms with Crippen LogP contribution in [0.4, 0.5) is 0 Å². The molecule has 260 valence electrons.